The lowest BCUT2D eigenvalue weighted by molar-refractivity contribution is 0.169. The lowest BCUT2D eigenvalue weighted by atomic mass is 9.84. The van der Waals surface area contributed by atoms with Crippen LogP contribution < -0.4 is 21.1 Å². The Labute approximate surface area is 175 Å². The fourth-order valence-electron chi connectivity index (χ4n) is 4.56. The molecule has 3 heterocycles. The van der Waals surface area contributed by atoms with E-state index in [0.29, 0.717) is 5.56 Å². The highest BCUT2D eigenvalue weighted by Gasteiger charge is 2.40. The predicted molar refractivity (Wildman–Crippen MR) is 118 cm³/mol. The summed E-state index contributed by atoms with van der Waals surface area (Å²) < 4.78 is 8.02. The first-order valence-corrected chi connectivity index (χ1v) is 10.4. The zero-order valence-electron chi connectivity index (χ0n) is 16.8. The number of para-hydroxylation sites is 1. The van der Waals surface area contributed by atoms with E-state index in [2.05, 4.69) is 15.3 Å². The molecule has 5 rings (SSSR count). The number of nitrogens with one attached hydrogen (secondary N) is 3. The first-order chi connectivity index (χ1) is 14.7. The summed E-state index contributed by atoms with van der Waals surface area (Å²) >= 11 is 0. The number of amidine groups is 1. The van der Waals surface area contributed by atoms with Crippen LogP contribution in [0.2, 0.25) is 0 Å². The molecule has 0 atom stereocenters. The van der Waals surface area contributed by atoms with Gasteiger partial charge >= 0.3 is 0 Å². The summed E-state index contributed by atoms with van der Waals surface area (Å²) in [6, 6.07) is 17.5. The summed E-state index contributed by atoms with van der Waals surface area (Å²) in [7, 11) is 0. The first-order valence-electron chi connectivity index (χ1n) is 10.4. The Hall–Kier alpha value is -3.32. The lowest BCUT2D eigenvalue weighted by Crippen LogP contribution is -2.48. The van der Waals surface area contributed by atoms with Crippen LogP contribution in [-0.2, 0) is 5.54 Å². The number of hydrogen-bond donors (Lipinski definition) is 4. The number of ether oxygens (including phenoxy) is 1. The molecule has 7 nitrogen and oxygen atoms in total. The minimum atomic E-state index is -0.00928. The van der Waals surface area contributed by atoms with Crippen LogP contribution in [0.4, 0.5) is 5.82 Å². The molecule has 5 N–H and O–H groups in total. The van der Waals surface area contributed by atoms with Gasteiger partial charge in [-0.15, -0.1) is 0 Å². The number of aromatic nitrogens is 2. The van der Waals surface area contributed by atoms with Crippen molar-refractivity contribution in [2.45, 2.75) is 24.8 Å². The van der Waals surface area contributed by atoms with Gasteiger partial charge in [0, 0.05) is 12.1 Å². The van der Waals surface area contributed by atoms with Crippen molar-refractivity contribution >= 4 is 11.7 Å². The second-order valence-electron chi connectivity index (χ2n) is 7.99. The molecule has 0 aliphatic carbocycles. The van der Waals surface area contributed by atoms with Gasteiger partial charge in [-0.05, 0) is 68.8 Å². The molecule has 2 aliphatic heterocycles. The molecule has 0 saturated carbocycles. The van der Waals surface area contributed by atoms with Crippen molar-refractivity contribution in [3.8, 4) is 22.8 Å². The molecule has 0 bridgehead atoms. The van der Waals surface area contributed by atoms with Crippen LogP contribution in [0.15, 0.2) is 54.6 Å². The third-order valence-corrected chi connectivity index (χ3v) is 6.13. The van der Waals surface area contributed by atoms with E-state index < -0.39 is 0 Å². The van der Waals surface area contributed by atoms with Crippen molar-refractivity contribution in [3.05, 3.63) is 60.2 Å². The molecule has 0 unspecified atom stereocenters. The van der Waals surface area contributed by atoms with Crippen LogP contribution in [-0.4, -0.2) is 35.3 Å². The van der Waals surface area contributed by atoms with Crippen molar-refractivity contribution in [2.24, 2.45) is 5.73 Å². The van der Waals surface area contributed by atoms with E-state index in [4.69, 9.17) is 21.0 Å². The van der Waals surface area contributed by atoms with Crippen LogP contribution in [0.3, 0.4) is 0 Å². The minimum absolute atomic E-state index is 0.00928. The van der Waals surface area contributed by atoms with Crippen LogP contribution >= 0.6 is 0 Å². The standard InChI is InChI=1S/C23H26N6O/c24-21(25)19-20(16-6-8-18(9-7-16)30-17-4-2-1-3-5-17)28-29-22(19)27-15-12-23(29)10-13-26-14-11-23/h1-9,26-27H,10-15H2,(H3,24,25). The van der Waals surface area contributed by atoms with Crippen LogP contribution in [0.1, 0.15) is 24.8 Å². The quantitative estimate of drug-likeness (QED) is 0.395. The van der Waals surface area contributed by atoms with Crippen molar-refractivity contribution in [1.29, 1.82) is 5.41 Å². The monoisotopic (exact) mass is 402 g/mol. The fourth-order valence-corrected chi connectivity index (χ4v) is 4.56. The number of nitrogen functional groups attached to an aromatic ring is 1. The molecule has 3 aromatic rings. The van der Waals surface area contributed by atoms with Crippen LogP contribution in [0, 0.1) is 5.41 Å². The van der Waals surface area contributed by atoms with E-state index in [0.717, 1.165) is 67.5 Å². The molecule has 0 radical (unpaired) electrons. The Morgan fingerprint density at radius 3 is 2.33 bits per heavy atom. The largest absolute Gasteiger partial charge is 0.457 e. The smallest absolute Gasteiger partial charge is 0.136 e. The molecule has 1 saturated heterocycles. The number of nitrogens with two attached hydrogens (primary N) is 1. The second-order valence-corrected chi connectivity index (χ2v) is 7.99. The van der Waals surface area contributed by atoms with Gasteiger partial charge in [-0.2, -0.15) is 5.10 Å². The Morgan fingerprint density at radius 2 is 1.63 bits per heavy atom. The zero-order valence-corrected chi connectivity index (χ0v) is 16.8. The van der Waals surface area contributed by atoms with Gasteiger partial charge in [0.15, 0.2) is 0 Å². The lowest BCUT2D eigenvalue weighted by Gasteiger charge is -2.42. The van der Waals surface area contributed by atoms with Gasteiger partial charge in [-0.1, -0.05) is 18.2 Å². The van der Waals surface area contributed by atoms with E-state index in [1.165, 1.54) is 0 Å². The molecule has 154 valence electrons. The second kappa shape index (κ2) is 7.50. The normalized spacial score (nSPS) is 17.2. The number of rotatable bonds is 4. The van der Waals surface area contributed by atoms with E-state index in [-0.39, 0.29) is 11.4 Å². The minimum Gasteiger partial charge on any atom is -0.457 e. The third kappa shape index (κ3) is 3.21. The molecule has 30 heavy (non-hydrogen) atoms. The number of piperidine rings is 1. The summed E-state index contributed by atoms with van der Waals surface area (Å²) in [4.78, 5) is 0. The fraction of sp³-hybridized carbons (Fsp3) is 0.304. The molecule has 7 heteroatoms. The molecule has 2 aliphatic rings. The van der Waals surface area contributed by atoms with Crippen molar-refractivity contribution in [3.63, 3.8) is 0 Å². The Balaban J connectivity index is 1.52. The predicted octanol–water partition coefficient (Wildman–Crippen LogP) is 3.52. The van der Waals surface area contributed by atoms with E-state index >= 15 is 0 Å². The summed E-state index contributed by atoms with van der Waals surface area (Å²) in [5.74, 6) is 2.46. The molecular formula is C23H26N6O. The van der Waals surface area contributed by atoms with Gasteiger partial charge < -0.3 is 21.1 Å². The summed E-state index contributed by atoms with van der Waals surface area (Å²) in [5.41, 5.74) is 8.37. The molecule has 2 aromatic carbocycles. The van der Waals surface area contributed by atoms with E-state index in [1.807, 2.05) is 54.6 Å². The Kier molecular flexibility index (Phi) is 4.67. The number of anilines is 1. The summed E-state index contributed by atoms with van der Waals surface area (Å²) in [6.07, 6.45) is 3.10. The van der Waals surface area contributed by atoms with E-state index in [1.54, 1.807) is 0 Å². The average molecular weight is 403 g/mol. The van der Waals surface area contributed by atoms with Crippen molar-refractivity contribution < 1.29 is 4.74 Å². The average Bonchev–Trinajstić information content (AvgIpc) is 3.17. The topological polar surface area (TPSA) is 101 Å². The Bertz CT molecular complexity index is 1050. The third-order valence-electron chi connectivity index (χ3n) is 6.13. The SMILES string of the molecule is N=C(N)c1c(-c2ccc(Oc3ccccc3)cc2)nn2c1NCCC21CCNCC1. The molecule has 0 amide bonds. The Morgan fingerprint density at radius 1 is 0.967 bits per heavy atom. The van der Waals surface area contributed by atoms with Gasteiger partial charge in [0.2, 0.25) is 0 Å². The number of benzene rings is 2. The highest BCUT2D eigenvalue weighted by atomic mass is 16.5. The molecular weight excluding hydrogens is 376 g/mol. The van der Waals surface area contributed by atoms with E-state index in [9.17, 15) is 0 Å². The number of nitrogens with zero attached hydrogens (tertiary/aromatic N) is 2. The first kappa shape index (κ1) is 18.7. The van der Waals surface area contributed by atoms with Gasteiger partial charge in [0.25, 0.3) is 0 Å². The summed E-state index contributed by atoms with van der Waals surface area (Å²) in [6.45, 7) is 2.83. The highest BCUT2D eigenvalue weighted by Crippen LogP contribution is 2.41. The zero-order chi connectivity index (χ0) is 20.6. The van der Waals surface area contributed by atoms with Crippen LogP contribution in [0.5, 0.6) is 11.5 Å². The van der Waals surface area contributed by atoms with Gasteiger partial charge in [0.1, 0.15) is 28.8 Å². The summed E-state index contributed by atoms with van der Waals surface area (Å²) in [5, 5.41) is 20.1. The molecule has 1 aromatic heterocycles. The maximum absolute atomic E-state index is 8.22. The van der Waals surface area contributed by atoms with Crippen molar-refractivity contribution in [2.75, 3.05) is 25.0 Å². The van der Waals surface area contributed by atoms with Gasteiger partial charge in [0.05, 0.1) is 11.1 Å². The van der Waals surface area contributed by atoms with Gasteiger partial charge in [-0.3, -0.25) is 5.41 Å². The maximum Gasteiger partial charge on any atom is 0.136 e. The molecule has 1 spiro atoms. The van der Waals surface area contributed by atoms with Gasteiger partial charge in [-0.25, -0.2) is 4.68 Å². The molecule has 1 fully saturated rings. The maximum atomic E-state index is 8.22. The van der Waals surface area contributed by atoms with Crippen molar-refractivity contribution in [1.82, 2.24) is 15.1 Å². The van der Waals surface area contributed by atoms with Crippen LogP contribution in [0.25, 0.3) is 11.3 Å². The number of hydrogen-bond acceptors (Lipinski definition) is 5. The highest BCUT2D eigenvalue weighted by molar-refractivity contribution is 6.05. The number of fused-ring (bicyclic) bond motifs is 2.